The Kier molecular flexibility index (Phi) is 11.0. The summed E-state index contributed by atoms with van der Waals surface area (Å²) in [5.41, 5.74) is 2.98. The van der Waals surface area contributed by atoms with Crippen molar-refractivity contribution in [1.82, 2.24) is 4.98 Å². The van der Waals surface area contributed by atoms with E-state index in [0.29, 0.717) is 26.4 Å². The van der Waals surface area contributed by atoms with Gasteiger partial charge in [0.15, 0.2) is 6.10 Å². The molecule has 0 N–H and O–H groups in total. The normalized spacial score (nSPS) is 17.1. The van der Waals surface area contributed by atoms with E-state index < -0.39 is 17.7 Å². The second kappa shape index (κ2) is 12.8. The Morgan fingerprint density at radius 2 is 1.74 bits per heavy atom. The lowest BCUT2D eigenvalue weighted by Crippen LogP contribution is -2.39. The number of ether oxygens (including phenoxy) is 4. The molecule has 35 heavy (non-hydrogen) atoms. The summed E-state index contributed by atoms with van der Waals surface area (Å²) < 4.78 is 24.1. The Hall–Kier alpha value is -1.22. The minimum Gasteiger partial charge on any atom is -0.461 e. The van der Waals surface area contributed by atoms with Crippen LogP contribution in [0.15, 0.2) is 4.47 Å². The van der Waals surface area contributed by atoms with Gasteiger partial charge in [0.05, 0.1) is 47.4 Å². The van der Waals surface area contributed by atoms with Crippen LogP contribution in [0.2, 0.25) is 0 Å². The van der Waals surface area contributed by atoms with E-state index in [9.17, 15) is 4.79 Å². The smallest absolute Gasteiger partial charge is 0.340 e. The zero-order chi connectivity index (χ0) is 26.4. The second-order valence-electron chi connectivity index (χ2n) is 11.2. The van der Waals surface area contributed by atoms with Gasteiger partial charge in [-0.05, 0) is 82.7 Å². The Balaban J connectivity index is 2.56. The van der Waals surface area contributed by atoms with Gasteiger partial charge >= 0.3 is 5.97 Å². The molecule has 0 amide bonds. The van der Waals surface area contributed by atoms with E-state index in [1.54, 1.807) is 0 Å². The van der Waals surface area contributed by atoms with Crippen LogP contribution in [0.5, 0.6) is 0 Å². The zero-order valence-electron chi connectivity index (χ0n) is 23.1. The molecule has 2 heterocycles. The SMILES string of the molecule is CCOCCOCc1nc(C)c([C@H](OC(C)(C)C)C(=O)OC(C)C)c(N2CCC(C)(C)CC2)c1Br. The Labute approximate surface area is 220 Å². The lowest BCUT2D eigenvalue weighted by Gasteiger charge is -2.40. The predicted molar refractivity (Wildman–Crippen MR) is 143 cm³/mol. The molecule has 1 aliphatic heterocycles. The van der Waals surface area contributed by atoms with Crippen molar-refractivity contribution in [2.24, 2.45) is 5.41 Å². The fraction of sp³-hybridized carbons (Fsp3) is 0.778. The van der Waals surface area contributed by atoms with Crippen LogP contribution in [-0.4, -0.2) is 55.6 Å². The molecule has 0 saturated carbocycles. The molecule has 0 aromatic carbocycles. The average Bonchev–Trinajstić information content (AvgIpc) is 2.73. The summed E-state index contributed by atoms with van der Waals surface area (Å²) in [4.78, 5) is 20.6. The monoisotopic (exact) mass is 556 g/mol. The number of esters is 1. The van der Waals surface area contributed by atoms with Crippen molar-refractivity contribution in [3.8, 4) is 0 Å². The summed E-state index contributed by atoms with van der Waals surface area (Å²) in [6.07, 6.45) is 0.977. The first-order chi connectivity index (χ1) is 16.3. The van der Waals surface area contributed by atoms with Gasteiger partial charge in [-0.2, -0.15) is 0 Å². The molecule has 2 rings (SSSR count). The molecule has 0 radical (unpaired) electrons. The Morgan fingerprint density at radius 1 is 1.14 bits per heavy atom. The molecular formula is C27H45BrN2O5. The molecule has 200 valence electrons. The molecule has 1 fully saturated rings. The van der Waals surface area contributed by atoms with E-state index in [0.717, 1.165) is 53.0 Å². The number of carbonyl (C=O) groups excluding carboxylic acids is 1. The van der Waals surface area contributed by atoms with E-state index in [1.165, 1.54) is 0 Å². The maximum atomic E-state index is 13.3. The molecule has 0 bridgehead atoms. The molecule has 1 aromatic rings. The third kappa shape index (κ3) is 8.99. The van der Waals surface area contributed by atoms with Crippen LogP contribution < -0.4 is 4.90 Å². The molecule has 0 aliphatic carbocycles. The summed E-state index contributed by atoms with van der Waals surface area (Å²) in [6, 6.07) is 0. The number of hydrogen-bond donors (Lipinski definition) is 0. The highest BCUT2D eigenvalue weighted by Crippen LogP contribution is 2.43. The van der Waals surface area contributed by atoms with Crippen molar-refractivity contribution in [2.45, 2.75) is 99.6 Å². The molecule has 8 heteroatoms. The fourth-order valence-corrected chi connectivity index (χ4v) is 4.76. The standard InChI is InChI=1S/C27H45BrN2O5/c1-10-32-15-16-33-17-20-22(28)23(30-13-11-27(8,9)12-14-30)21(19(4)29-20)24(35-26(5,6)7)25(31)34-18(2)3/h18,24H,10-17H2,1-9H3/t24-/m0/s1. The van der Waals surface area contributed by atoms with Crippen LogP contribution in [0.25, 0.3) is 0 Å². The van der Waals surface area contributed by atoms with Gasteiger partial charge in [0.2, 0.25) is 0 Å². The van der Waals surface area contributed by atoms with Crippen molar-refractivity contribution >= 4 is 27.6 Å². The molecule has 1 saturated heterocycles. The van der Waals surface area contributed by atoms with Gasteiger partial charge in [0.25, 0.3) is 0 Å². The fourth-order valence-electron chi connectivity index (χ4n) is 4.10. The summed E-state index contributed by atoms with van der Waals surface area (Å²) in [7, 11) is 0. The highest BCUT2D eigenvalue weighted by atomic mass is 79.9. The lowest BCUT2D eigenvalue weighted by molar-refractivity contribution is -0.171. The highest BCUT2D eigenvalue weighted by Gasteiger charge is 2.37. The number of piperidine rings is 1. The molecule has 1 aliphatic rings. The van der Waals surface area contributed by atoms with Gasteiger partial charge in [-0.25, -0.2) is 4.79 Å². The zero-order valence-corrected chi connectivity index (χ0v) is 24.7. The van der Waals surface area contributed by atoms with Gasteiger partial charge in [-0.15, -0.1) is 0 Å². The van der Waals surface area contributed by atoms with E-state index in [-0.39, 0.29) is 11.5 Å². The second-order valence-corrected chi connectivity index (χ2v) is 12.0. The van der Waals surface area contributed by atoms with Crippen LogP contribution in [-0.2, 0) is 30.3 Å². The van der Waals surface area contributed by atoms with Crippen molar-refractivity contribution in [3.63, 3.8) is 0 Å². The molecular weight excluding hydrogens is 512 g/mol. The van der Waals surface area contributed by atoms with Crippen molar-refractivity contribution in [3.05, 3.63) is 21.4 Å². The minimum absolute atomic E-state index is 0.248. The summed E-state index contributed by atoms with van der Waals surface area (Å²) in [5.74, 6) is -0.397. The summed E-state index contributed by atoms with van der Waals surface area (Å²) >= 11 is 3.84. The quantitative estimate of drug-likeness (QED) is 0.239. The molecule has 0 spiro atoms. The van der Waals surface area contributed by atoms with Crippen molar-refractivity contribution in [1.29, 1.82) is 0 Å². The van der Waals surface area contributed by atoms with Crippen LogP contribution in [0.3, 0.4) is 0 Å². The van der Waals surface area contributed by atoms with Gasteiger partial charge in [-0.3, -0.25) is 4.98 Å². The van der Waals surface area contributed by atoms with Crippen molar-refractivity contribution < 1.29 is 23.7 Å². The predicted octanol–water partition coefficient (Wildman–Crippen LogP) is 6.14. The largest absolute Gasteiger partial charge is 0.461 e. The maximum Gasteiger partial charge on any atom is 0.340 e. The maximum absolute atomic E-state index is 13.3. The molecule has 1 aromatic heterocycles. The Morgan fingerprint density at radius 3 is 2.29 bits per heavy atom. The number of halogens is 1. The first-order valence-electron chi connectivity index (χ1n) is 12.7. The third-order valence-corrected chi connectivity index (χ3v) is 6.79. The van der Waals surface area contributed by atoms with Crippen LogP contribution >= 0.6 is 15.9 Å². The van der Waals surface area contributed by atoms with Crippen LogP contribution in [0.1, 0.15) is 91.3 Å². The molecule has 7 nitrogen and oxygen atoms in total. The minimum atomic E-state index is -0.890. The van der Waals surface area contributed by atoms with E-state index in [1.807, 2.05) is 48.5 Å². The highest BCUT2D eigenvalue weighted by molar-refractivity contribution is 9.10. The number of rotatable bonds is 11. The van der Waals surface area contributed by atoms with E-state index >= 15 is 0 Å². The summed E-state index contributed by atoms with van der Waals surface area (Å²) in [5, 5.41) is 0. The van der Waals surface area contributed by atoms with Crippen molar-refractivity contribution in [2.75, 3.05) is 37.8 Å². The first kappa shape index (κ1) is 30.0. The number of carbonyl (C=O) groups is 1. The number of nitrogens with zero attached hydrogens (tertiary/aromatic N) is 2. The number of pyridine rings is 1. The number of aryl methyl sites for hydroxylation is 1. The van der Waals surface area contributed by atoms with Gasteiger partial charge in [0.1, 0.15) is 0 Å². The van der Waals surface area contributed by atoms with Gasteiger partial charge in [0, 0.05) is 31.0 Å². The summed E-state index contributed by atoms with van der Waals surface area (Å²) in [6.45, 7) is 21.9. The van der Waals surface area contributed by atoms with E-state index in [4.69, 9.17) is 23.9 Å². The third-order valence-electron chi connectivity index (χ3n) is 5.96. The number of hydrogen-bond acceptors (Lipinski definition) is 7. The molecule has 0 unspecified atom stereocenters. The number of anilines is 1. The first-order valence-corrected chi connectivity index (χ1v) is 13.5. The van der Waals surface area contributed by atoms with Gasteiger partial charge < -0.3 is 23.8 Å². The number of aromatic nitrogens is 1. The van der Waals surface area contributed by atoms with E-state index in [2.05, 4.69) is 34.7 Å². The topological polar surface area (TPSA) is 70.1 Å². The average molecular weight is 558 g/mol. The van der Waals surface area contributed by atoms with Crippen LogP contribution in [0, 0.1) is 12.3 Å². The van der Waals surface area contributed by atoms with Gasteiger partial charge in [-0.1, -0.05) is 13.8 Å². The lowest BCUT2D eigenvalue weighted by atomic mass is 9.82. The van der Waals surface area contributed by atoms with Crippen LogP contribution in [0.4, 0.5) is 5.69 Å². The Bertz CT molecular complexity index is 841. The molecule has 1 atom stereocenters.